The lowest BCUT2D eigenvalue weighted by Gasteiger charge is -2.06. The van der Waals surface area contributed by atoms with Crippen LogP contribution in [0.25, 0.3) is 0 Å². The van der Waals surface area contributed by atoms with Crippen LogP contribution in [-0.4, -0.2) is 21.2 Å². The molecule has 1 unspecified atom stereocenters. The van der Waals surface area contributed by atoms with Crippen LogP contribution in [0.2, 0.25) is 0 Å². The van der Waals surface area contributed by atoms with Gasteiger partial charge in [-0.25, -0.2) is 9.55 Å². The van der Waals surface area contributed by atoms with Crippen molar-refractivity contribution in [2.75, 3.05) is 11.9 Å². The van der Waals surface area contributed by atoms with Crippen LogP contribution < -0.4 is 10.9 Å². The number of aryl methyl sites for hydroxylation is 1. The van der Waals surface area contributed by atoms with Crippen molar-refractivity contribution in [3.8, 4) is 0 Å². The number of aromatic nitrogens is 2. The molecule has 2 rings (SSSR count). The molecular weight excluding hydrogens is 170 g/mol. The van der Waals surface area contributed by atoms with E-state index in [0.717, 1.165) is 0 Å². The summed E-state index contributed by atoms with van der Waals surface area (Å²) in [5.41, 5.74) is 0.483. The van der Waals surface area contributed by atoms with E-state index in [1.807, 2.05) is 6.92 Å². The molecule has 0 saturated carbocycles. The normalized spacial score (nSPS) is 19.7. The van der Waals surface area contributed by atoms with Crippen molar-refractivity contribution in [3.05, 3.63) is 22.1 Å². The molecule has 0 aromatic carbocycles. The molecule has 0 fully saturated rings. The summed E-state index contributed by atoms with van der Waals surface area (Å²) in [4.78, 5) is 15.7. The number of β-amino-alcohol motifs (C(OH)–C–C–N with tert-alkyl or cyclic N) is 1. The molecule has 13 heavy (non-hydrogen) atoms. The standard InChI is InChI=1S/C8H11N3O2/c1-2-5-3-9-8-10-4-6(12)11(8)7(5)13/h3,6,12H,2,4H2,1H3,(H,9,10). The summed E-state index contributed by atoms with van der Waals surface area (Å²) in [7, 11) is 0. The SMILES string of the molecule is CCc1cnc2n(c1=O)C(O)CN2. The summed E-state index contributed by atoms with van der Waals surface area (Å²) >= 11 is 0. The lowest BCUT2D eigenvalue weighted by Crippen LogP contribution is -2.25. The molecule has 0 saturated heterocycles. The number of rotatable bonds is 1. The van der Waals surface area contributed by atoms with Crippen molar-refractivity contribution in [1.29, 1.82) is 0 Å². The van der Waals surface area contributed by atoms with E-state index in [1.165, 1.54) is 4.57 Å². The average Bonchev–Trinajstić information content (AvgIpc) is 2.49. The first-order valence-electron chi connectivity index (χ1n) is 4.26. The monoisotopic (exact) mass is 181 g/mol. The van der Waals surface area contributed by atoms with Gasteiger partial charge in [-0.2, -0.15) is 0 Å². The van der Waals surface area contributed by atoms with Crippen LogP contribution in [0.15, 0.2) is 11.0 Å². The summed E-state index contributed by atoms with van der Waals surface area (Å²) in [5, 5.41) is 12.3. The fourth-order valence-electron chi connectivity index (χ4n) is 1.43. The van der Waals surface area contributed by atoms with Gasteiger partial charge in [-0.05, 0) is 6.42 Å². The highest BCUT2D eigenvalue weighted by molar-refractivity contribution is 5.32. The lowest BCUT2D eigenvalue weighted by molar-refractivity contribution is 0.127. The second kappa shape index (κ2) is 2.85. The third-order valence-electron chi connectivity index (χ3n) is 2.19. The molecule has 0 amide bonds. The van der Waals surface area contributed by atoms with E-state index in [9.17, 15) is 9.90 Å². The molecule has 0 spiro atoms. The van der Waals surface area contributed by atoms with Crippen molar-refractivity contribution in [2.24, 2.45) is 0 Å². The number of nitrogens with zero attached hydrogens (tertiary/aromatic N) is 2. The molecule has 5 nitrogen and oxygen atoms in total. The number of aliphatic hydroxyl groups is 1. The lowest BCUT2D eigenvalue weighted by atomic mass is 10.2. The van der Waals surface area contributed by atoms with Gasteiger partial charge in [0.05, 0.1) is 6.54 Å². The zero-order valence-corrected chi connectivity index (χ0v) is 7.32. The smallest absolute Gasteiger partial charge is 0.260 e. The third-order valence-corrected chi connectivity index (χ3v) is 2.19. The van der Waals surface area contributed by atoms with Crippen LogP contribution in [0.3, 0.4) is 0 Å². The maximum Gasteiger partial charge on any atom is 0.260 e. The van der Waals surface area contributed by atoms with E-state index in [-0.39, 0.29) is 5.56 Å². The van der Waals surface area contributed by atoms with Crippen molar-refractivity contribution in [3.63, 3.8) is 0 Å². The van der Waals surface area contributed by atoms with Gasteiger partial charge in [-0.3, -0.25) is 4.79 Å². The van der Waals surface area contributed by atoms with Gasteiger partial charge in [0, 0.05) is 11.8 Å². The molecule has 1 aromatic rings. The Bertz CT molecular complexity index is 385. The van der Waals surface area contributed by atoms with Crippen molar-refractivity contribution < 1.29 is 5.11 Å². The number of nitrogens with one attached hydrogen (secondary N) is 1. The van der Waals surface area contributed by atoms with Gasteiger partial charge in [0.2, 0.25) is 5.95 Å². The van der Waals surface area contributed by atoms with Gasteiger partial charge in [0.25, 0.3) is 5.56 Å². The second-order valence-corrected chi connectivity index (χ2v) is 3.00. The topological polar surface area (TPSA) is 67.2 Å². The number of hydrogen-bond acceptors (Lipinski definition) is 4. The quantitative estimate of drug-likeness (QED) is 0.625. The maximum atomic E-state index is 11.6. The van der Waals surface area contributed by atoms with Crippen LogP contribution >= 0.6 is 0 Å². The summed E-state index contributed by atoms with van der Waals surface area (Å²) < 4.78 is 1.29. The molecule has 2 N–H and O–H groups in total. The van der Waals surface area contributed by atoms with E-state index in [4.69, 9.17) is 0 Å². The highest BCUT2D eigenvalue weighted by atomic mass is 16.3. The van der Waals surface area contributed by atoms with Crippen molar-refractivity contribution in [1.82, 2.24) is 9.55 Å². The van der Waals surface area contributed by atoms with Crippen LogP contribution in [0, 0.1) is 0 Å². The first-order chi connectivity index (χ1) is 6.24. The Kier molecular flexibility index (Phi) is 1.81. The zero-order chi connectivity index (χ0) is 9.42. The van der Waals surface area contributed by atoms with E-state index in [1.54, 1.807) is 6.20 Å². The predicted molar refractivity (Wildman–Crippen MR) is 47.6 cm³/mol. The van der Waals surface area contributed by atoms with Crippen molar-refractivity contribution in [2.45, 2.75) is 19.6 Å². The highest BCUT2D eigenvalue weighted by Crippen LogP contribution is 2.15. The molecule has 1 atom stereocenters. The summed E-state index contributed by atoms with van der Waals surface area (Å²) in [6, 6.07) is 0. The molecule has 1 aliphatic heterocycles. The Labute approximate surface area is 75.0 Å². The largest absolute Gasteiger partial charge is 0.371 e. The Morgan fingerprint density at radius 3 is 3.31 bits per heavy atom. The number of aliphatic hydroxyl groups excluding tert-OH is 1. The molecule has 0 bridgehead atoms. The summed E-state index contributed by atoms with van der Waals surface area (Å²) in [6.07, 6.45) is 1.42. The molecular formula is C8H11N3O2. The Morgan fingerprint density at radius 1 is 1.85 bits per heavy atom. The molecule has 5 heteroatoms. The molecule has 2 heterocycles. The van der Waals surface area contributed by atoms with Gasteiger partial charge in [0.15, 0.2) is 6.23 Å². The molecule has 1 aromatic heterocycles. The maximum absolute atomic E-state index is 11.6. The number of fused-ring (bicyclic) bond motifs is 1. The third kappa shape index (κ3) is 1.12. The number of hydrogen-bond donors (Lipinski definition) is 2. The first kappa shape index (κ1) is 8.25. The molecule has 0 aliphatic carbocycles. The van der Waals surface area contributed by atoms with Crippen molar-refractivity contribution >= 4 is 5.95 Å². The van der Waals surface area contributed by atoms with E-state index < -0.39 is 6.23 Å². The van der Waals surface area contributed by atoms with Gasteiger partial charge < -0.3 is 10.4 Å². The van der Waals surface area contributed by atoms with Crippen LogP contribution in [-0.2, 0) is 6.42 Å². The number of anilines is 1. The van der Waals surface area contributed by atoms with Gasteiger partial charge in [0.1, 0.15) is 0 Å². The molecule has 0 radical (unpaired) electrons. The Morgan fingerprint density at radius 2 is 2.62 bits per heavy atom. The fourth-order valence-corrected chi connectivity index (χ4v) is 1.43. The average molecular weight is 181 g/mol. The van der Waals surface area contributed by atoms with E-state index >= 15 is 0 Å². The Balaban J connectivity index is 2.63. The summed E-state index contributed by atoms with van der Waals surface area (Å²) in [6.45, 7) is 2.25. The molecule has 1 aliphatic rings. The van der Waals surface area contributed by atoms with Crippen LogP contribution in [0.5, 0.6) is 0 Å². The van der Waals surface area contributed by atoms with Gasteiger partial charge in [-0.1, -0.05) is 6.92 Å². The summed E-state index contributed by atoms with van der Waals surface area (Å²) in [5.74, 6) is 0.453. The Hall–Kier alpha value is -1.36. The van der Waals surface area contributed by atoms with E-state index in [2.05, 4.69) is 10.3 Å². The minimum atomic E-state index is -0.776. The van der Waals surface area contributed by atoms with Gasteiger partial charge >= 0.3 is 0 Å². The minimum absolute atomic E-state index is 0.148. The van der Waals surface area contributed by atoms with Gasteiger partial charge in [-0.15, -0.1) is 0 Å². The predicted octanol–water partition coefficient (Wildman–Crippen LogP) is -0.278. The van der Waals surface area contributed by atoms with Crippen LogP contribution in [0.4, 0.5) is 5.95 Å². The fraction of sp³-hybridized carbons (Fsp3) is 0.500. The first-order valence-corrected chi connectivity index (χ1v) is 4.26. The molecule has 70 valence electrons. The van der Waals surface area contributed by atoms with Crippen LogP contribution in [0.1, 0.15) is 18.7 Å². The van der Waals surface area contributed by atoms with E-state index in [0.29, 0.717) is 24.5 Å². The minimum Gasteiger partial charge on any atom is -0.371 e. The zero-order valence-electron chi connectivity index (χ0n) is 7.32. The second-order valence-electron chi connectivity index (χ2n) is 3.00. The highest BCUT2D eigenvalue weighted by Gasteiger charge is 2.22.